The van der Waals surface area contributed by atoms with Crippen LogP contribution in [0.1, 0.15) is 39.0 Å². The predicted octanol–water partition coefficient (Wildman–Crippen LogP) is 0.172. The molecule has 2 unspecified atom stereocenters. The fourth-order valence-electron chi connectivity index (χ4n) is 5.46. The standard InChI is InChI=1S/C36H43N4O8PS.BrH/c1-3-48-36(45)30(22-23-33(42)39-31(26-50-40-46)35(44)37-25-34(43)47-2)38-32(41)21-13-14-24-49(27-15-7-4-8-16-27,28-17-9-5-10-18-28)29-19-11-6-12-20-29;/h4-12,15-20,30-31H,3,13-14,21-26H2,1-2H3,(H2-,37,38,39,41,42,44);1H. The lowest BCUT2D eigenvalue weighted by Gasteiger charge is -2.27. The van der Waals surface area contributed by atoms with Gasteiger partial charge < -0.3 is 42.4 Å². The van der Waals surface area contributed by atoms with Gasteiger partial charge in [0.15, 0.2) is 0 Å². The Labute approximate surface area is 313 Å². The molecule has 3 N–H and O–H groups in total. The van der Waals surface area contributed by atoms with Crippen LogP contribution in [0.3, 0.4) is 0 Å². The fraction of sp³-hybridized carbons (Fsp3) is 0.361. The first kappa shape index (κ1) is 43.0. The third kappa shape index (κ3) is 13.5. The molecule has 51 heavy (non-hydrogen) atoms. The number of nitrogens with one attached hydrogen (secondary N) is 3. The van der Waals surface area contributed by atoms with E-state index in [1.165, 1.54) is 15.9 Å². The second-order valence-corrected chi connectivity index (χ2v) is 15.5. The first-order valence-electron chi connectivity index (χ1n) is 16.3. The van der Waals surface area contributed by atoms with E-state index in [1.807, 2.05) is 18.2 Å². The van der Waals surface area contributed by atoms with Crippen molar-refractivity contribution < 1.29 is 50.4 Å². The third-order valence-corrected chi connectivity index (χ3v) is 13.0. The van der Waals surface area contributed by atoms with Gasteiger partial charge in [0.25, 0.3) is 0 Å². The van der Waals surface area contributed by atoms with Crippen LogP contribution < -0.4 is 48.8 Å². The van der Waals surface area contributed by atoms with Gasteiger partial charge in [0.1, 0.15) is 41.8 Å². The highest BCUT2D eigenvalue weighted by Gasteiger charge is 2.44. The molecular formula is C36H44BrN4O8PS. The molecule has 3 aromatic carbocycles. The van der Waals surface area contributed by atoms with Gasteiger partial charge in [-0.25, -0.2) is 4.79 Å². The van der Waals surface area contributed by atoms with E-state index in [2.05, 4.69) is 98.1 Å². The number of methoxy groups -OCH3 is 1. The summed E-state index contributed by atoms with van der Waals surface area (Å²) in [6.07, 6.45) is 2.00. The maximum atomic E-state index is 13.1. The third-order valence-electron chi connectivity index (χ3n) is 7.88. The van der Waals surface area contributed by atoms with Crippen molar-refractivity contribution >= 4 is 64.8 Å². The number of hydrogen-bond donors (Lipinski definition) is 3. The van der Waals surface area contributed by atoms with Crippen LogP contribution in [0.5, 0.6) is 0 Å². The molecule has 0 aliphatic rings. The van der Waals surface area contributed by atoms with Crippen molar-refractivity contribution in [3.05, 3.63) is 95.9 Å². The van der Waals surface area contributed by atoms with Gasteiger partial charge in [-0.3, -0.25) is 19.2 Å². The maximum Gasteiger partial charge on any atom is 0.328 e. The number of ether oxygens (including phenoxy) is 2. The minimum Gasteiger partial charge on any atom is -1.00 e. The summed E-state index contributed by atoms with van der Waals surface area (Å²) in [6.45, 7) is 1.30. The number of hydrogen-bond acceptors (Lipinski definition) is 10. The van der Waals surface area contributed by atoms with E-state index in [4.69, 9.17) is 4.74 Å². The Balaban J connectivity index is 0.00000901. The van der Waals surface area contributed by atoms with Gasteiger partial charge in [0, 0.05) is 35.1 Å². The molecule has 0 fully saturated rings. The fourth-order valence-corrected chi connectivity index (χ4v) is 10.3. The summed E-state index contributed by atoms with van der Waals surface area (Å²) in [5.41, 5.74) is 0. The van der Waals surface area contributed by atoms with Crippen LogP contribution in [0.15, 0.2) is 95.6 Å². The summed E-state index contributed by atoms with van der Waals surface area (Å²) in [6, 6.07) is 29.2. The summed E-state index contributed by atoms with van der Waals surface area (Å²) in [5.74, 6) is -3.22. The Bertz CT molecular complexity index is 1460. The molecular weight excluding hydrogens is 759 g/mol. The SMILES string of the molecule is CCOC(=O)C(CCC(=O)NC(CSN=O)C(=O)NCC(=O)OC)NC(=O)CCCC[P+](c1ccccc1)(c1ccccc1)c1ccccc1.[Br-]. The average Bonchev–Trinajstić information content (AvgIpc) is 3.15. The van der Waals surface area contributed by atoms with E-state index in [1.54, 1.807) is 6.92 Å². The molecule has 2 atom stereocenters. The van der Waals surface area contributed by atoms with E-state index in [9.17, 15) is 28.9 Å². The number of amides is 3. The summed E-state index contributed by atoms with van der Waals surface area (Å²) < 4.78 is 12.3. The molecule has 274 valence electrons. The molecule has 0 aliphatic carbocycles. The van der Waals surface area contributed by atoms with Crippen LogP contribution in [0.2, 0.25) is 0 Å². The molecule has 0 bridgehead atoms. The zero-order valence-corrected chi connectivity index (χ0v) is 31.9. The highest BCUT2D eigenvalue weighted by atomic mass is 79.9. The molecule has 3 amide bonds. The zero-order chi connectivity index (χ0) is 36.2. The van der Waals surface area contributed by atoms with Crippen LogP contribution in [0, 0.1) is 4.91 Å². The highest BCUT2D eigenvalue weighted by Crippen LogP contribution is 2.55. The Morgan fingerprint density at radius 1 is 0.765 bits per heavy atom. The minimum atomic E-state index is -2.05. The van der Waals surface area contributed by atoms with Gasteiger partial charge in [0.05, 0.1) is 19.9 Å². The predicted molar refractivity (Wildman–Crippen MR) is 197 cm³/mol. The molecule has 0 heterocycles. The largest absolute Gasteiger partial charge is 1.00 e. The zero-order valence-electron chi connectivity index (χ0n) is 28.6. The van der Waals surface area contributed by atoms with Gasteiger partial charge in [-0.1, -0.05) is 54.6 Å². The summed E-state index contributed by atoms with van der Waals surface area (Å²) in [5, 5.41) is 11.3. The monoisotopic (exact) mass is 802 g/mol. The van der Waals surface area contributed by atoms with Crippen LogP contribution in [0.4, 0.5) is 0 Å². The van der Waals surface area contributed by atoms with Crippen LogP contribution in [0.25, 0.3) is 0 Å². The van der Waals surface area contributed by atoms with E-state index < -0.39 is 49.6 Å². The molecule has 3 aromatic rings. The number of halogens is 1. The minimum absolute atomic E-state index is 0. The Kier molecular flexibility index (Phi) is 19.7. The Morgan fingerprint density at radius 3 is 1.76 bits per heavy atom. The van der Waals surface area contributed by atoms with Crippen molar-refractivity contribution in [3.63, 3.8) is 0 Å². The summed E-state index contributed by atoms with van der Waals surface area (Å²) in [7, 11) is -0.890. The molecule has 15 heteroatoms. The number of carbonyl (C=O) groups excluding carboxylic acids is 5. The number of esters is 2. The van der Waals surface area contributed by atoms with E-state index in [-0.39, 0.29) is 54.5 Å². The molecule has 0 aliphatic heterocycles. The summed E-state index contributed by atoms with van der Waals surface area (Å²) in [4.78, 5) is 73.2. The van der Waals surface area contributed by atoms with Gasteiger partial charge in [-0.2, -0.15) is 0 Å². The molecule has 12 nitrogen and oxygen atoms in total. The quantitative estimate of drug-likeness (QED) is 0.0447. The van der Waals surface area contributed by atoms with Crippen molar-refractivity contribution in [1.29, 1.82) is 0 Å². The van der Waals surface area contributed by atoms with Crippen molar-refractivity contribution in [2.75, 3.05) is 32.2 Å². The van der Waals surface area contributed by atoms with E-state index in [0.717, 1.165) is 19.7 Å². The van der Waals surface area contributed by atoms with Crippen LogP contribution >= 0.6 is 19.2 Å². The Hall–Kier alpha value is -4.13. The van der Waals surface area contributed by atoms with Gasteiger partial charge in [-0.05, 0) is 62.6 Å². The number of unbranched alkanes of at least 4 members (excludes halogenated alkanes) is 1. The van der Waals surface area contributed by atoms with E-state index >= 15 is 0 Å². The van der Waals surface area contributed by atoms with E-state index in [0.29, 0.717) is 18.4 Å². The molecule has 3 rings (SSSR count). The number of carbonyl (C=O) groups is 5. The van der Waals surface area contributed by atoms with Crippen molar-refractivity contribution in [3.8, 4) is 0 Å². The molecule has 0 saturated heterocycles. The first-order valence-corrected chi connectivity index (χ1v) is 19.3. The van der Waals surface area contributed by atoms with Crippen LogP contribution in [-0.2, 0) is 33.4 Å². The lowest BCUT2D eigenvalue weighted by Crippen LogP contribution is -3.00. The normalized spacial score (nSPS) is 11.9. The molecule has 0 saturated carbocycles. The molecule has 0 radical (unpaired) electrons. The topological polar surface area (TPSA) is 169 Å². The van der Waals surface area contributed by atoms with Gasteiger partial charge in [-0.15, -0.1) is 4.91 Å². The lowest BCUT2D eigenvalue weighted by molar-refractivity contribution is -0.147. The maximum absolute atomic E-state index is 13.1. The molecule has 0 aromatic heterocycles. The number of nitroso groups, excluding NO2 is 1. The second kappa shape index (κ2) is 23.4. The highest BCUT2D eigenvalue weighted by molar-refractivity contribution is 7.98. The average molecular weight is 804 g/mol. The lowest BCUT2D eigenvalue weighted by atomic mass is 10.1. The molecule has 0 spiro atoms. The van der Waals surface area contributed by atoms with Crippen LogP contribution in [-0.4, -0.2) is 73.9 Å². The smallest absolute Gasteiger partial charge is 0.328 e. The second-order valence-electron chi connectivity index (χ2n) is 11.2. The van der Waals surface area contributed by atoms with Crippen molar-refractivity contribution in [2.24, 2.45) is 4.58 Å². The Morgan fingerprint density at radius 2 is 1.27 bits per heavy atom. The number of rotatable bonds is 21. The van der Waals surface area contributed by atoms with Crippen molar-refractivity contribution in [1.82, 2.24) is 16.0 Å². The van der Waals surface area contributed by atoms with Gasteiger partial charge >= 0.3 is 11.9 Å². The number of nitrogens with zero attached hydrogens (tertiary/aromatic N) is 1. The van der Waals surface area contributed by atoms with Crippen molar-refractivity contribution in [2.45, 2.75) is 51.1 Å². The van der Waals surface area contributed by atoms with Gasteiger partial charge in [0.2, 0.25) is 17.7 Å². The number of benzene rings is 3. The summed E-state index contributed by atoms with van der Waals surface area (Å²) >= 11 is 0.526. The first-order chi connectivity index (χ1) is 24.2.